The first kappa shape index (κ1) is 25.9. The van der Waals surface area contributed by atoms with Crippen LogP contribution in [0.15, 0.2) is 53.6 Å². The van der Waals surface area contributed by atoms with Crippen molar-refractivity contribution < 1.29 is 44.3 Å². The number of carbonyl (C=O) groups is 1. The van der Waals surface area contributed by atoms with Crippen molar-refractivity contribution in [1.29, 1.82) is 0 Å². The molecule has 0 aliphatic carbocycles. The van der Waals surface area contributed by atoms with Crippen molar-refractivity contribution in [3.63, 3.8) is 0 Å². The molecule has 0 fully saturated rings. The lowest BCUT2D eigenvalue weighted by Crippen LogP contribution is -2.50. The number of halogens is 10. The summed E-state index contributed by atoms with van der Waals surface area (Å²) in [4.78, 5) is 15.6. The van der Waals surface area contributed by atoms with Gasteiger partial charge in [-0.1, -0.05) is 35.5 Å². The number of hydrogen-bond donors (Lipinski definition) is 1. The minimum Gasteiger partial charge on any atom is -0.320 e. The zero-order valence-corrected chi connectivity index (χ0v) is 17.8. The third kappa shape index (κ3) is 4.90. The molecule has 1 amide bonds. The Hall–Kier alpha value is -2.67. The molecule has 0 saturated heterocycles. The Morgan fingerprint density at radius 1 is 0.971 bits per heavy atom. The Bertz CT molecular complexity index is 1220. The molecule has 1 N–H and O–H groups in total. The fraction of sp³-hybridized carbons (Fsp3) is 0.200. The van der Waals surface area contributed by atoms with Crippen LogP contribution in [-0.4, -0.2) is 29.0 Å². The zero-order chi connectivity index (χ0) is 25.5. The summed E-state index contributed by atoms with van der Waals surface area (Å²) in [6.45, 7) is 0. The maximum Gasteiger partial charge on any atom is 0.435 e. The fourth-order valence-electron chi connectivity index (χ4n) is 2.97. The van der Waals surface area contributed by atoms with Gasteiger partial charge in [0.25, 0.3) is 11.7 Å². The van der Waals surface area contributed by atoms with E-state index in [4.69, 9.17) is 11.6 Å². The molecule has 3 nitrogen and oxygen atoms in total. The van der Waals surface area contributed by atoms with Gasteiger partial charge in [0.15, 0.2) is 0 Å². The van der Waals surface area contributed by atoms with Crippen molar-refractivity contribution in [2.24, 2.45) is 0 Å². The van der Waals surface area contributed by atoms with Gasteiger partial charge < -0.3 is 5.32 Å². The number of nitrogens with one attached hydrogen (secondary N) is 1. The third-order valence-electron chi connectivity index (χ3n) is 4.56. The Labute approximate surface area is 194 Å². The maximum atomic E-state index is 14.4. The summed E-state index contributed by atoms with van der Waals surface area (Å²) in [7, 11) is 0. The smallest absolute Gasteiger partial charge is 0.320 e. The first-order valence-corrected chi connectivity index (χ1v) is 10.2. The molecule has 3 aromatic rings. The lowest BCUT2D eigenvalue weighted by Gasteiger charge is -2.31. The second kappa shape index (κ2) is 9.17. The van der Waals surface area contributed by atoms with Crippen LogP contribution in [0.4, 0.5) is 45.2 Å². The quantitative estimate of drug-likeness (QED) is 0.270. The van der Waals surface area contributed by atoms with Crippen LogP contribution in [0, 0.1) is 0 Å². The summed E-state index contributed by atoms with van der Waals surface area (Å²) >= 11 is 5.25. The third-order valence-corrected chi connectivity index (χ3v) is 5.61. The van der Waals surface area contributed by atoms with Gasteiger partial charge in [0.1, 0.15) is 0 Å². The largest absolute Gasteiger partial charge is 0.435 e. The average molecular weight is 533 g/mol. The molecule has 34 heavy (non-hydrogen) atoms. The number of hydrogen-bond acceptors (Lipinski definition) is 3. The summed E-state index contributed by atoms with van der Waals surface area (Å²) in [6, 6.07) is 7.36. The molecule has 0 atom stereocenters. The molecule has 2 aromatic carbocycles. The van der Waals surface area contributed by atoms with E-state index >= 15 is 0 Å². The highest BCUT2D eigenvalue weighted by Gasteiger charge is 2.73. The van der Waals surface area contributed by atoms with Crippen molar-refractivity contribution in [2.75, 3.05) is 5.32 Å². The molecule has 0 aliphatic rings. The van der Waals surface area contributed by atoms with Gasteiger partial charge in [-0.05, 0) is 30.3 Å². The van der Waals surface area contributed by atoms with Crippen LogP contribution in [0.2, 0.25) is 5.02 Å². The van der Waals surface area contributed by atoms with Gasteiger partial charge >= 0.3 is 18.0 Å². The molecule has 14 heteroatoms. The summed E-state index contributed by atoms with van der Waals surface area (Å²) in [5, 5.41) is 1.72. The average Bonchev–Trinajstić information content (AvgIpc) is 2.72. The van der Waals surface area contributed by atoms with E-state index in [0.717, 1.165) is 0 Å². The highest BCUT2D eigenvalue weighted by molar-refractivity contribution is 7.99. The van der Waals surface area contributed by atoms with Crippen molar-refractivity contribution in [3.8, 4) is 0 Å². The summed E-state index contributed by atoms with van der Waals surface area (Å²) in [5.41, 5.74) is -8.36. The number of aromatic nitrogens is 1. The summed E-state index contributed by atoms with van der Waals surface area (Å²) < 4.78 is 119. The number of benzene rings is 2. The van der Waals surface area contributed by atoms with Crippen LogP contribution < -0.4 is 5.32 Å². The lowest BCUT2D eigenvalue weighted by molar-refractivity contribution is -0.348. The standard InChI is InChI=1S/C20H10ClF9N2OS/c21-12-7-11(18(24,19(25,26)27)20(28,29)30)8-14(34-17(22)23)15(12)32-16(33)10-4-3-9-2-1-5-31-13(9)6-10/h1-8,17H,(H,32,33). The molecular formula is C20H10ClF9N2OS. The highest BCUT2D eigenvalue weighted by Crippen LogP contribution is 2.55. The Balaban J connectivity index is 2.09. The second-order valence-corrected chi connectivity index (χ2v) is 8.17. The molecule has 0 bridgehead atoms. The van der Waals surface area contributed by atoms with Crippen molar-refractivity contribution in [3.05, 3.63) is 64.8 Å². The second-order valence-electron chi connectivity index (χ2n) is 6.73. The van der Waals surface area contributed by atoms with Crippen molar-refractivity contribution in [2.45, 2.75) is 28.7 Å². The number of alkyl halides is 9. The normalized spacial score (nSPS) is 12.9. The molecule has 0 spiro atoms. The molecule has 1 heterocycles. The van der Waals surface area contributed by atoms with Gasteiger partial charge in [0, 0.05) is 27.6 Å². The number of rotatable bonds is 5. The van der Waals surface area contributed by atoms with Crippen molar-refractivity contribution in [1.82, 2.24) is 4.98 Å². The fourth-order valence-corrected chi connectivity index (χ4v) is 3.96. The van der Waals surface area contributed by atoms with Gasteiger partial charge in [0.2, 0.25) is 0 Å². The SMILES string of the molecule is O=C(Nc1c(Cl)cc(C(F)(C(F)(F)F)C(F)(F)F)cc1SC(F)F)c1ccc2cccnc2c1. The van der Waals surface area contributed by atoms with E-state index in [0.29, 0.717) is 10.9 Å². The number of thioether (sulfide) groups is 1. The van der Waals surface area contributed by atoms with Gasteiger partial charge in [0.05, 0.1) is 16.2 Å². The van der Waals surface area contributed by atoms with Crippen LogP contribution in [-0.2, 0) is 5.67 Å². The van der Waals surface area contributed by atoms with E-state index in [-0.39, 0.29) is 17.7 Å². The van der Waals surface area contributed by atoms with E-state index in [1.807, 2.05) is 0 Å². The van der Waals surface area contributed by atoms with Crippen LogP contribution in [0.25, 0.3) is 10.9 Å². The van der Waals surface area contributed by atoms with E-state index in [9.17, 15) is 44.3 Å². The van der Waals surface area contributed by atoms with Crippen LogP contribution in [0.5, 0.6) is 0 Å². The number of amides is 1. The van der Waals surface area contributed by atoms with E-state index in [1.165, 1.54) is 24.4 Å². The highest BCUT2D eigenvalue weighted by atomic mass is 35.5. The van der Waals surface area contributed by atoms with Gasteiger partial charge in [-0.3, -0.25) is 9.78 Å². The summed E-state index contributed by atoms with van der Waals surface area (Å²) in [6.07, 6.45) is -11.5. The predicted octanol–water partition coefficient (Wildman–Crippen LogP) is 7.74. The Morgan fingerprint density at radius 2 is 1.62 bits per heavy atom. The lowest BCUT2D eigenvalue weighted by atomic mass is 9.94. The first-order chi connectivity index (χ1) is 15.6. The molecule has 1 aromatic heterocycles. The molecule has 0 saturated carbocycles. The molecule has 3 rings (SSSR count). The number of anilines is 1. The van der Waals surface area contributed by atoms with Gasteiger partial charge in [-0.2, -0.15) is 35.1 Å². The Morgan fingerprint density at radius 3 is 2.21 bits per heavy atom. The number of carbonyl (C=O) groups excluding carboxylic acids is 1. The predicted molar refractivity (Wildman–Crippen MR) is 108 cm³/mol. The monoisotopic (exact) mass is 532 g/mol. The summed E-state index contributed by atoms with van der Waals surface area (Å²) in [5.74, 6) is -4.32. The zero-order valence-electron chi connectivity index (χ0n) is 16.2. The van der Waals surface area contributed by atoms with Crippen molar-refractivity contribution >= 4 is 45.9 Å². The maximum absolute atomic E-state index is 14.4. The molecule has 182 valence electrons. The molecular weight excluding hydrogens is 523 g/mol. The van der Waals surface area contributed by atoms with Gasteiger partial charge in [-0.25, -0.2) is 4.39 Å². The minimum atomic E-state index is -6.48. The van der Waals surface area contributed by atoms with E-state index < -0.39 is 62.6 Å². The number of nitrogens with zero attached hydrogens (tertiary/aromatic N) is 1. The van der Waals surface area contributed by atoms with Crippen LogP contribution in [0.3, 0.4) is 0 Å². The minimum absolute atomic E-state index is 0.0182. The molecule has 0 unspecified atom stereocenters. The Kier molecular flexibility index (Phi) is 7.00. The first-order valence-electron chi connectivity index (χ1n) is 8.92. The molecule has 0 radical (unpaired) electrons. The van der Waals surface area contributed by atoms with E-state index in [1.54, 1.807) is 12.1 Å². The molecule has 0 aliphatic heterocycles. The van der Waals surface area contributed by atoms with Gasteiger partial charge in [-0.15, -0.1) is 0 Å². The van der Waals surface area contributed by atoms with Crippen LogP contribution in [0.1, 0.15) is 15.9 Å². The van der Waals surface area contributed by atoms with Crippen LogP contribution >= 0.6 is 23.4 Å². The number of pyridine rings is 1. The topological polar surface area (TPSA) is 42.0 Å². The van der Waals surface area contributed by atoms with E-state index in [2.05, 4.69) is 10.3 Å². The number of fused-ring (bicyclic) bond motifs is 1.